The number of hydrogen-bond acceptors (Lipinski definition) is 3. The molecule has 0 unspecified atom stereocenters. The lowest BCUT2D eigenvalue weighted by atomic mass is 10.1. The Hall–Kier alpha value is -2.63. The molecule has 0 aliphatic rings. The van der Waals surface area contributed by atoms with Crippen LogP contribution in [0.3, 0.4) is 0 Å². The molecule has 0 radical (unpaired) electrons. The number of ether oxygens (including phenoxy) is 1. The second kappa shape index (κ2) is 8.84. The van der Waals surface area contributed by atoms with E-state index in [0.717, 1.165) is 40.6 Å². The van der Waals surface area contributed by atoms with Crippen molar-refractivity contribution in [2.75, 3.05) is 20.3 Å². The smallest absolute Gasteiger partial charge is 0.352 e. The number of aromatic nitrogens is 1. The summed E-state index contributed by atoms with van der Waals surface area (Å²) >= 11 is 0. The topological polar surface area (TPSA) is 63.5 Å². The van der Waals surface area contributed by atoms with Crippen LogP contribution in [0.2, 0.25) is 0 Å². The summed E-state index contributed by atoms with van der Waals surface area (Å²) in [5, 5.41) is 14.3. The molecule has 5 nitrogen and oxygen atoms in total. The number of carbonyl (C=O) groups is 1. The third kappa shape index (κ3) is 4.21. The number of carboxylic acids is 1. The molecule has 1 heterocycles. The third-order valence-electron chi connectivity index (χ3n) is 4.87. The Morgan fingerprint density at radius 2 is 1.89 bits per heavy atom. The number of hydrogen-bond donors (Lipinski definition) is 2. The maximum absolute atomic E-state index is 12.2. The van der Waals surface area contributed by atoms with Crippen LogP contribution >= 0.6 is 0 Å². The van der Waals surface area contributed by atoms with Gasteiger partial charge in [-0.3, -0.25) is 0 Å². The first-order chi connectivity index (χ1) is 13.1. The zero-order valence-electron chi connectivity index (χ0n) is 15.9. The molecule has 0 amide bonds. The molecule has 3 aromatic rings. The minimum Gasteiger partial charge on any atom is -0.477 e. The van der Waals surface area contributed by atoms with Crippen molar-refractivity contribution < 1.29 is 14.6 Å². The van der Waals surface area contributed by atoms with Crippen LogP contribution in [-0.4, -0.2) is 35.9 Å². The molecule has 0 bridgehead atoms. The van der Waals surface area contributed by atoms with Gasteiger partial charge in [0.2, 0.25) is 0 Å². The van der Waals surface area contributed by atoms with Crippen molar-refractivity contribution in [2.24, 2.45) is 0 Å². The van der Waals surface area contributed by atoms with Crippen LogP contribution in [0.15, 0.2) is 48.5 Å². The third-order valence-corrected chi connectivity index (χ3v) is 4.87. The van der Waals surface area contributed by atoms with E-state index in [2.05, 4.69) is 24.4 Å². The number of rotatable bonds is 9. The van der Waals surface area contributed by atoms with E-state index in [1.54, 1.807) is 7.11 Å². The number of benzene rings is 2. The summed E-state index contributed by atoms with van der Waals surface area (Å²) in [5.74, 6) is -0.895. The van der Waals surface area contributed by atoms with Crippen molar-refractivity contribution in [2.45, 2.75) is 26.4 Å². The number of fused-ring (bicyclic) bond motifs is 1. The van der Waals surface area contributed by atoms with Gasteiger partial charge in [0.05, 0.1) is 0 Å². The molecule has 0 fully saturated rings. The molecular formula is C22H26N2O3. The van der Waals surface area contributed by atoms with Gasteiger partial charge in [-0.2, -0.15) is 0 Å². The van der Waals surface area contributed by atoms with Gasteiger partial charge in [0.15, 0.2) is 0 Å². The number of aromatic carboxylic acids is 1. The summed E-state index contributed by atoms with van der Waals surface area (Å²) in [7, 11) is 1.68. The van der Waals surface area contributed by atoms with Gasteiger partial charge in [0.1, 0.15) is 5.69 Å². The number of carboxylic acid groups (broad SMARTS) is 1. The number of para-hydroxylation sites is 1. The summed E-state index contributed by atoms with van der Waals surface area (Å²) in [6.45, 7) is 4.59. The van der Waals surface area contributed by atoms with Crippen molar-refractivity contribution in [3.8, 4) is 0 Å². The number of nitrogens with one attached hydrogen (secondary N) is 1. The first-order valence-electron chi connectivity index (χ1n) is 9.21. The quantitative estimate of drug-likeness (QED) is 0.565. The Morgan fingerprint density at radius 3 is 2.63 bits per heavy atom. The van der Waals surface area contributed by atoms with Crippen LogP contribution < -0.4 is 5.32 Å². The molecule has 27 heavy (non-hydrogen) atoms. The van der Waals surface area contributed by atoms with Crippen LogP contribution in [-0.2, 0) is 17.8 Å². The standard InChI is InChI=1S/C22H26N2O3/c1-16-8-3-4-9-17(16)15-24-20-11-6-5-10-18(20)19(21(24)22(25)26)14-23-12-7-13-27-2/h3-6,8-11,23H,7,12-15H2,1-2H3,(H,25,26). The van der Waals surface area contributed by atoms with Gasteiger partial charge in [-0.15, -0.1) is 0 Å². The molecule has 142 valence electrons. The highest BCUT2D eigenvalue weighted by molar-refractivity contribution is 5.98. The van der Waals surface area contributed by atoms with Gasteiger partial charge >= 0.3 is 5.97 Å². The minimum absolute atomic E-state index is 0.360. The fraction of sp³-hybridized carbons (Fsp3) is 0.318. The fourth-order valence-corrected chi connectivity index (χ4v) is 3.48. The summed E-state index contributed by atoms with van der Waals surface area (Å²) in [4.78, 5) is 12.2. The SMILES string of the molecule is COCCCNCc1c(C(=O)O)n(Cc2ccccc2C)c2ccccc12. The largest absolute Gasteiger partial charge is 0.477 e. The van der Waals surface area contributed by atoms with Crippen molar-refractivity contribution in [3.63, 3.8) is 0 Å². The lowest BCUT2D eigenvalue weighted by Crippen LogP contribution is -2.19. The van der Waals surface area contributed by atoms with Gasteiger partial charge in [-0.25, -0.2) is 4.79 Å². The second-order valence-corrected chi connectivity index (χ2v) is 6.69. The van der Waals surface area contributed by atoms with E-state index in [1.807, 2.05) is 41.0 Å². The van der Waals surface area contributed by atoms with Crippen LogP contribution in [0.1, 0.15) is 33.6 Å². The first-order valence-corrected chi connectivity index (χ1v) is 9.21. The van der Waals surface area contributed by atoms with Gasteiger partial charge in [0, 0.05) is 43.3 Å². The highest BCUT2D eigenvalue weighted by atomic mass is 16.5. The molecular weight excluding hydrogens is 340 g/mol. The summed E-state index contributed by atoms with van der Waals surface area (Å²) < 4.78 is 6.99. The van der Waals surface area contributed by atoms with Crippen molar-refractivity contribution >= 4 is 16.9 Å². The molecule has 2 aromatic carbocycles. The average molecular weight is 366 g/mol. The first kappa shape index (κ1) is 19.1. The van der Waals surface area contributed by atoms with Gasteiger partial charge < -0.3 is 19.7 Å². The molecule has 0 saturated heterocycles. The van der Waals surface area contributed by atoms with Crippen molar-refractivity contribution in [3.05, 3.63) is 70.9 Å². The predicted octanol–water partition coefficient (Wildman–Crippen LogP) is 3.82. The highest BCUT2D eigenvalue weighted by Gasteiger charge is 2.22. The van der Waals surface area contributed by atoms with E-state index in [4.69, 9.17) is 4.74 Å². The molecule has 0 aliphatic heterocycles. The Labute approximate surface area is 159 Å². The monoisotopic (exact) mass is 366 g/mol. The Bertz CT molecular complexity index is 930. The van der Waals surface area contributed by atoms with E-state index in [-0.39, 0.29) is 0 Å². The molecule has 5 heteroatoms. The molecule has 0 atom stereocenters. The minimum atomic E-state index is -0.895. The zero-order chi connectivity index (χ0) is 19.2. The second-order valence-electron chi connectivity index (χ2n) is 6.69. The number of nitrogens with zero attached hydrogens (tertiary/aromatic N) is 1. The molecule has 3 rings (SSSR count). The van der Waals surface area contributed by atoms with Crippen molar-refractivity contribution in [1.29, 1.82) is 0 Å². The Kier molecular flexibility index (Phi) is 6.27. The van der Waals surface area contributed by atoms with E-state index in [9.17, 15) is 9.90 Å². The average Bonchev–Trinajstić information content (AvgIpc) is 2.97. The normalized spacial score (nSPS) is 11.2. The predicted molar refractivity (Wildman–Crippen MR) is 107 cm³/mol. The van der Waals surface area contributed by atoms with E-state index < -0.39 is 5.97 Å². The number of methoxy groups -OCH3 is 1. The highest BCUT2D eigenvalue weighted by Crippen LogP contribution is 2.28. The summed E-state index contributed by atoms with van der Waals surface area (Å²) in [6, 6.07) is 16.0. The Balaban J connectivity index is 2.00. The van der Waals surface area contributed by atoms with E-state index in [1.165, 1.54) is 0 Å². The van der Waals surface area contributed by atoms with Crippen LogP contribution in [0.4, 0.5) is 0 Å². The van der Waals surface area contributed by atoms with Crippen LogP contribution in [0, 0.1) is 6.92 Å². The van der Waals surface area contributed by atoms with Crippen LogP contribution in [0.25, 0.3) is 10.9 Å². The molecule has 1 aromatic heterocycles. The molecule has 0 saturated carbocycles. The fourth-order valence-electron chi connectivity index (χ4n) is 3.48. The summed E-state index contributed by atoms with van der Waals surface area (Å²) in [5.41, 5.74) is 4.43. The zero-order valence-corrected chi connectivity index (χ0v) is 15.9. The van der Waals surface area contributed by atoms with Crippen molar-refractivity contribution in [1.82, 2.24) is 9.88 Å². The van der Waals surface area contributed by atoms with E-state index >= 15 is 0 Å². The summed E-state index contributed by atoms with van der Waals surface area (Å²) in [6.07, 6.45) is 0.890. The Morgan fingerprint density at radius 1 is 1.15 bits per heavy atom. The maximum Gasteiger partial charge on any atom is 0.352 e. The van der Waals surface area contributed by atoms with E-state index in [0.29, 0.717) is 25.4 Å². The molecule has 0 spiro atoms. The van der Waals surface area contributed by atoms with Gasteiger partial charge in [0.25, 0.3) is 0 Å². The lowest BCUT2D eigenvalue weighted by molar-refractivity contribution is 0.0684. The maximum atomic E-state index is 12.2. The molecule has 2 N–H and O–H groups in total. The number of aryl methyl sites for hydroxylation is 1. The molecule has 0 aliphatic carbocycles. The van der Waals surface area contributed by atoms with Gasteiger partial charge in [-0.05, 0) is 37.1 Å². The van der Waals surface area contributed by atoms with Gasteiger partial charge in [-0.1, -0.05) is 42.5 Å². The van der Waals surface area contributed by atoms with Crippen LogP contribution in [0.5, 0.6) is 0 Å². The lowest BCUT2D eigenvalue weighted by Gasteiger charge is -2.12.